The predicted molar refractivity (Wildman–Crippen MR) is 72.8 cm³/mol. The average Bonchev–Trinajstić information content (AvgIpc) is 2.39. The van der Waals surface area contributed by atoms with Crippen molar-refractivity contribution >= 4 is 5.91 Å². The molecule has 0 N–H and O–H groups in total. The molecule has 0 aromatic heterocycles. The molecule has 18 heavy (non-hydrogen) atoms. The van der Waals surface area contributed by atoms with Gasteiger partial charge >= 0.3 is 0 Å². The van der Waals surface area contributed by atoms with E-state index in [1.165, 1.54) is 5.56 Å². The minimum atomic E-state index is 0.0454. The molecule has 1 heterocycles. The highest BCUT2D eigenvalue weighted by atomic mass is 16.2. The van der Waals surface area contributed by atoms with Crippen molar-refractivity contribution in [2.24, 2.45) is 0 Å². The molecule has 3 heteroatoms. The fraction of sp³-hybridized carbons (Fsp3) is 0.267. The molecule has 1 aliphatic heterocycles. The molecule has 1 aromatic carbocycles. The number of likely N-dealkylation sites (N-methyl/N-ethyl adjacent to an activating group) is 1. The van der Waals surface area contributed by atoms with Gasteiger partial charge in [0.05, 0.1) is 5.57 Å². The molecule has 0 saturated carbocycles. The SMILES string of the molecule is CN(C)C(=O)C1=CN(Cc2ccccc2)CC=C1. The summed E-state index contributed by atoms with van der Waals surface area (Å²) in [5.74, 6) is 0.0454. The van der Waals surface area contributed by atoms with Gasteiger partial charge in [0.15, 0.2) is 0 Å². The lowest BCUT2D eigenvalue weighted by atomic mass is 10.1. The quantitative estimate of drug-likeness (QED) is 0.809. The molecule has 2 rings (SSSR count). The largest absolute Gasteiger partial charge is 0.369 e. The Kier molecular flexibility index (Phi) is 3.82. The molecule has 0 aliphatic carbocycles. The first-order valence-electron chi connectivity index (χ1n) is 6.05. The Morgan fingerprint density at radius 3 is 2.67 bits per heavy atom. The Morgan fingerprint density at radius 1 is 1.28 bits per heavy atom. The Balaban J connectivity index is 2.08. The molecule has 0 unspecified atom stereocenters. The standard InChI is InChI=1S/C15H18N2O/c1-16(2)15(18)14-9-6-10-17(12-14)11-13-7-4-3-5-8-13/h3-9,12H,10-11H2,1-2H3. The van der Waals surface area contributed by atoms with E-state index in [4.69, 9.17) is 0 Å². The number of carbonyl (C=O) groups excluding carboxylic acids is 1. The molecule has 3 nitrogen and oxygen atoms in total. The number of nitrogens with zero attached hydrogens (tertiary/aromatic N) is 2. The van der Waals surface area contributed by atoms with Gasteiger partial charge in [0.1, 0.15) is 0 Å². The van der Waals surface area contributed by atoms with E-state index in [1.807, 2.05) is 36.6 Å². The summed E-state index contributed by atoms with van der Waals surface area (Å²) in [6, 6.07) is 10.3. The summed E-state index contributed by atoms with van der Waals surface area (Å²) in [5.41, 5.74) is 1.99. The number of hydrogen-bond acceptors (Lipinski definition) is 2. The fourth-order valence-electron chi connectivity index (χ4n) is 1.92. The Bertz CT molecular complexity index is 475. The Morgan fingerprint density at radius 2 is 2.00 bits per heavy atom. The van der Waals surface area contributed by atoms with Crippen molar-refractivity contribution < 1.29 is 4.79 Å². The van der Waals surface area contributed by atoms with Crippen molar-refractivity contribution in [3.63, 3.8) is 0 Å². The van der Waals surface area contributed by atoms with Gasteiger partial charge in [-0.05, 0) is 5.56 Å². The van der Waals surface area contributed by atoms with Gasteiger partial charge < -0.3 is 9.80 Å². The molecule has 0 bridgehead atoms. The van der Waals surface area contributed by atoms with E-state index in [0.29, 0.717) is 0 Å². The van der Waals surface area contributed by atoms with Crippen molar-refractivity contribution in [3.05, 3.63) is 59.8 Å². The smallest absolute Gasteiger partial charge is 0.254 e. The third-order valence-electron chi connectivity index (χ3n) is 2.84. The summed E-state index contributed by atoms with van der Waals surface area (Å²) < 4.78 is 0. The normalized spacial score (nSPS) is 14.3. The number of amides is 1. The molecule has 1 amide bonds. The lowest BCUT2D eigenvalue weighted by molar-refractivity contribution is -0.124. The van der Waals surface area contributed by atoms with Crippen molar-refractivity contribution in [2.45, 2.75) is 6.54 Å². The first-order valence-corrected chi connectivity index (χ1v) is 6.05. The van der Waals surface area contributed by atoms with Crippen LogP contribution in [-0.2, 0) is 11.3 Å². The summed E-state index contributed by atoms with van der Waals surface area (Å²) in [7, 11) is 3.54. The van der Waals surface area contributed by atoms with Crippen molar-refractivity contribution in [3.8, 4) is 0 Å². The van der Waals surface area contributed by atoms with Gasteiger partial charge in [0.25, 0.3) is 5.91 Å². The van der Waals surface area contributed by atoms with E-state index in [1.54, 1.807) is 19.0 Å². The van der Waals surface area contributed by atoms with Crippen LogP contribution in [0.5, 0.6) is 0 Å². The number of carbonyl (C=O) groups is 1. The van der Waals surface area contributed by atoms with Crippen LogP contribution in [0.4, 0.5) is 0 Å². The maximum atomic E-state index is 11.9. The highest BCUT2D eigenvalue weighted by Crippen LogP contribution is 2.13. The molecular weight excluding hydrogens is 224 g/mol. The zero-order valence-corrected chi connectivity index (χ0v) is 10.8. The minimum Gasteiger partial charge on any atom is -0.369 e. The summed E-state index contributed by atoms with van der Waals surface area (Å²) in [6.45, 7) is 1.68. The molecule has 0 atom stereocenters. The summed E-state index contributed by atoms with van der Waals surface area (Å²) in [6.07, 6.45) is 5.86. The third-order valence-corrected chi connectivity index (χ3v) is 2.84. The van der Waals surface area contributed by atoms with E-state index < -0.39 is 0 Å². The lowest BCUT2D eigenvalue weighted by Crippen LogP contribution is -2.27. The molecule has 0 spiro atoms. The van der Waals surface area contributed by atoms with Crippen LogP contribution < -0.4 is 0 Å². The third kappa shape index (κ3) is 3.00. The van der Waals surface area contributed by atoms with Gasteiger partial charge in [-0.3, -0.25) is 4.79 Å². The van der Waals surface area contributed by atoms with E-state index in [0.717, 1.165) is 18.7 Å². The van der Waals surface area contributed by atoms with Crippen molar-refractivity contribution in [1.82, 2.24) is 9.80 Å². The molecule has 0 saturated heterocycles. The van der Waals surface area contributed by atoms with Gasteiger partial charge in [-0.2, -0.15) is 0 Å². The topological polar surface area (TPSA) is 23.6 Å². The molecule has 0 fully saturated rings. The lowest BCUT2D eigenvalue weighted by Gasteiger charge is -2.24. The molecular formula is C15H18N2O. The minimum absolute atomic E-state index is 0.0454. The Hall–Kier alpha value is -2.03. The van der Waals surface area contributed by atoms with Gasteiger partial charge in [-0.25, -0.2) is 0 Å². The van der Waals surface area contributed by atoms with Crippen molar-refractivity contribution in [2.75, 3.05) is 20.6 Å². The summed E-state index contributed by atoms with van der Waals surface area (Å²) in [4.78, 5) is 15.6. The van der Waals surface area contributed by atoms with Gasteiger partial charge in [0.2, 0.25) is 0 Å². The van der Waals surface area contributed by atoms with Gasteiger partial charge in [-0.1, -0.05) is 42.5 Å². The van der Waals surface area contributed by atoms with E-state index in [-0.39, 0.29) is 5.91 Å². The molecule has 0 radical (unpaired) electrons. The maximum Gasteiger partial charge on any atom is 0.254 e. The van der Waals surface area contributed by atoms with Crippen LogP contribution in [-0.4, -0.2) is 36.3 Å². The Labute approximate surface area is 108 Å². The van der Waals surface area contributed by atoms with Crippen LogP contribution in [0.1, 0.15) is 5.56 Å². The highest BCUT2D eigenvalue weighted by Gasteiger charge is 2.13. The average molecular weight is 242 g/mol. The van der Waals surface area contributed by atoms with Crippen LogP contribution in [0.2, 0.25) is 0 Å². The second kappa shape index (κ2) is 5.54. The maximum absolute atomic E-state index is 11.9. The number of benzene rings is 1. The number of rotatable bonds is 3. The molecule has 1 aliphatic rings. The second-order valence-electron chi connectivity index (χ2n) is 4.60. The number of hydrogen-bond donors (Lipinski definition) is 0. The highest BCUT2D eigenvalue weighted by molar-refractivity contribution is 5.95. The van der Waals surface area contributed by atoms with Crippen LogP contribution in [0.25, 0.3) is 0 Å². The summed E-state index contributed by atoms with van der Waals surface area (Å²) in [5, 5.41) is 0. The summed E-state index contributed by atoms with van der Waals surface area (Å²) >= 11 is 0. The molecule has 1 aromatic rings. The van der Waals surface area contributed by atoms with E-state index in [9.17, 15) is 4.79 Å². The fourth-order valence-corrected chi connectivity index (χ4v) is 1.92. The first kappa shape index (κ1) is 12.4. The zero-order valence-electron chi connectivity index (χ0n) is 10.8. The van der Waals surface area contributed by atoms with Crippen LogP contribution in [0.15, 0.2) is 54.3 Å². The second-order valence-corrected chi connectivity index (χ2v) is 4.60. The van der Waals surface area contributed by atoms with Gasteiger partial charge in [-0.15, -0.1) is 0 Å². The first-order chi connectivity index (χ1) is 8.66. The van der Waals surface area contributed by atoms with E-state index >= 15 is 0 Å². The van der Waals surface area contributed by atoms with E-state index in [2.05, 4.69) is 17.0 Å². The van der Waals surface area contributed by atoms with Crippen LogP contribution >= 0.6 is 0 Å². The molecule has 94 valence electrons. The van der Waals surface area contributed by atoms with Gasteiger partial charge in [0, 0.05) is 33.4 Å². The van der Waals surface area contributed by atoms with Crippen LogP contribution in [0, 0.1) is 0 Å². The monoisotopic (exact) mass is 242 g/mol. The van der Waals surface area contributed by atoms with Crippen LogP contribution in [0.3, 0.4) is 0 Å². The van der Waals surface area contributed by atoms with Crippen molar-refractivity contribution in [1.29, 1.82) is 0 Å². The zero-order chi connectivity index (χ0) is 13.0. The predicted octanol–water partition coefficient (Wildman–Crippen LogP) is 2.03.